The number of carbonyl (C=O) groups excluding carboxylic acids is 1. The van der Waals surface area contributed by atoms with Gasteiger partial charge in [0.05, 0.1) is 12.3 Å². The Morgan fingerprint density at radius 1 is 1.85 bits per heavy atom. The van der Waals surface area contributed by atoms with Crippen LogP contribution in [0.25, 0.3) is 0 Å². The van der Waals surface area contributed by atoms with Crippen molar-refractivity contribution < 1.29 is 4.79 Å². The molecule has 6 heteroatoms. The highest BCUT2D eigenvalue weighted by molar-refractivity contribution is 5.92. The van der Waals surface area contributed by atoms with E-state index in [1.807, 2.05) is 6.07 Å². The molecule has 0 radical (unpaired) electrons. The van der Waals surface area contributed by atoms with Crippen molar-refractivity contribution in [2.75, 3.05) is 0 Å². The third-order valence-electron chi connectivity index (χ3n) is 1.49. The molecule has 0 aromatic carbocycles. The highest BCUT2D eigenvalue weighted by atomic mass is 16.2. The Labute approximate surface area is 75.2 Å². The minimum atomic E-state index is -0.512. The van der Waals surface area contributed by atoms with E-state index in [-0.39, 0.29) is 5.91 Å². The molecule has 0 saturated heterocycles. The van der Waals surface area contributed by atoms with Gasteiger partial charge in [-0.05, 0) is 6.92 Å². The lowest BCUT2D eigenvalue weighted by atomic mass is 10.3. The van der Waals surface area contributed by atoms with Crippen molar-refractivity contribution in [3.8, 4) is 6.07 Å². The highest BCUT2D eigenvalue weighted by Crippen LogP contribution is 1.93. The topological polar surface area (TPSA) is 83.6 Å². The summed E-state index contributed by atoms with van der Waals surface area (Å²) in [7, 11) is 1.61. The number of aromatic nitrogens is 3. The molecule has 1 aromatic rings. The molecule has 0 bridgehead atoms. The summed E-state index contributed by atoms with van der Waals surface area (Å²) in [6.45, 7) is 1.60. The second-order valence-corrected chi connectivity index (χ2v) is 2.57. The first-order valence-corrected chi connectivity index (χ1v) is 3.70. The summed E-state index contributed by atoms with van der Waals surface area (Å²) < 4.78 is 1.35. The zero-order valence-electron chi connectivity index (χ0n) is 7.35. The van der Waals surface area contributed by atoms with Gasteiger partial charge in [0.15, 0.2) is 0 Å². The van der Waals surface area contributed by atoms with Crippen LogP contribution in [0.5, 0.6) is 0 Å². The van der Waals surface area contributed by atoms with Gasteiger partial charge in [-0.15, -0.1) is 5.10 Å². The van der Waals surface area contributed by atoms with E-state index in [4.69, 9.17) is 5.26 Å². The summed E-state index contributed by atoms with van der Waals surface area (Å²) in [6, 6.07) is 1.38. The lowest BCUT2D eigenvalue weighted by Crippen LogP contribution is -2.32. The number of hydrogen-bond donors (Lipinski definition) is 1. The summed E-state index contributed by atoms with van der Waals surface area (Å²) in [5, 5.41) is 18.1. The normalized spacial score (nSPS) is 11.8. The van der Waals surface area contributed by atoms with E-state index in [0.29, 0.717) is 5.69 Å². The minimum absolute atomic E-state index is 0.335. The molecule has 0 unspecified atom stereocenters. The van der Waals surface area contributed by atoms with E-state index >= 15 is 0 Å². The van der Waals surface area contributed by atoms with Gasteiger partial charge in [-0.1, -0.05) is 5.21 Å². The zero-order chi connectivity index (χ0) is 9.84. The first-order valence-electron chi connectivity index (χ1n) is 3.70. The molecule has 0 aliphatic rings. The van der Waals surface area contributed by atoms with E-state index in [1.54, 1.807) is 14.0 Å². The van der Waals surface area contributed by atoms with Crippen LogP contribution in [0, 0.1) is 11.3 Å². The molecular formula is C7H9N5O. The highest BCUT2D eigenvalue weighted by Gasteiger charge is 2.12. The largest absolute Gasteiger partial charge is 0.335 e. The molecule has 1 N–H and O–H groups in total. The van der Waals surface area contributed by atoms with Crippen LogP contribution in [0.1, 0.15) is 17.4 Å². The Morgan fingerprint density at radius 3 is 3.00 bits per heavy atom. The van der Waals surface area contributed by atoms with Crippen LogP contribution in [0.4, 0.5) is 0 Å². The van der Waals surface area contributed by atoms with Crippen LogP contribution in [0.15, 0.2) is 6.20 Å². The Kier molecular flexibility index (Phi) is 2.59. The summed E-state index contributed by atoms with van der Waals surface area (Å²) in [6.07, 6.45) is 1.35. The van der Waals surface area contributed by atoms with Crippen molar-refractivity contribution in [2.24, 2.45) is 7.05 Å². The van der Waals surface area contributed by atoms with Crippen LogP contribution in [-0.4, -0.2) is 26.9 Å². The first kappa shape index (κ1) is 9.19. The van der Waals surface area contributed by atoms with Gasteiger partial charge in [0.1, 0.15) is 11.7 Å². The third kappa shape index (κ3) is 2.02. The summed E-state index contributed by atoms with van der Waals surface area (Å²) >= 11 is 0. The summed E-state index contributed by atoms with van der Waals surface area (Å²) in [5.74, 6) is -0.346. The van der Waals surface area contributed by atoms with Crippen molar-refractivity contribution in [2.45, 2.75) is 13.0 Å². The standard InChI is InChI=1S/C7H9N5O/c1-5(3-8)10-7(13)6-4-9-11-12(6)2/h4-5H,1-2H3,(H,10,13)/t5-/m0/s1. The predicted molar refractivity (Wildman–Crippen MR) is 43.5 cm³/mol. The van der Waals surface area contributed by atoms with Crippen LogP contribution in [0.2, 0.25) is 0 Å². The molecular weight excluding hydrogens is 170 g/mol. The maximum Gasteiger partial charge on any atom is 0.272 e. The molecule has 1 amide bonds. The van der Waals surface area contributed by atoms with Gasteiger partial charge in [-0.25, -0.2) is 4.68 Å². The van der Waals surface area contributed by atoms with Crippen molar-refractivity contribution in [3.05, 3.63) is 11.9 Å². The fourth-order valence-corrected chi connectivity index (χ4v) is 0.798. The lowest BCUT2D eigenvalue weighted by Gasteiger charge is -2.04. The second-order valence-electron chi connectivity index (χ2n) is 2.57. The van der Waals surface area contributed by atoms with Crippen molar-refractivity contribution in [1.82, 2.24) is 20.3 Å². The third-order valence-corrected chi connectivity index (χ3v) is 1.49. The Hall–Kier alpha value is -1.90. The second kappa shape index (κ2) is 3.67. The Balaban J connectivity index is 2.71. The molecule has 0 fully saturated rings. The van der Waals surface area contributed by atoms with E-state index in [2.05, 4.69) is 15.6 Å². The summed E-state index contributed by atoms with van der Waals surface area (Å²) in [4.78, 5) is 11.3. The maximum atomic E-state index is 11.3. The van der Waals surface area contributed by atoms with Crippen LogP contribution in [0.3, 0.4) is 0 Å². The van der Waals surface area contributed by atoms with E-state index < -0.39 is 6.04 Å². The SMILES string of the molecule is C[C@@H](C#N)NC(=O)c1cnnn1C. The average molecular weight is 179 g/mol. The molecule has 1 rings (SSSR count). The molecule has 1 heterocycles. The smallest absolute Gasteiger partial charge is 0.272 e. The number of aryl methyl sites for hydroxylation is 1. The van der Waals surface area contributed by atoms with Crippen molar-refractivity contribution >= 4 is 5.91 Å². The van der Waals surface area contributed by atoms with E-state index in [9.17, 15) is 4.79 Å². The number of carbonyl (C=O) groups is 1. The van der Waals surface area contributed by atoms with Gasteiger partial charge >= 0.3 is 0 Å². The molecule has 1 aromatic heterocycles. The molecule has 6 nitrogen and oxygen atoms in total. The molecule has 0 spiro atoms. The summed E-state index contributed by atoms with van der Waals surface area (Å²) in [5.41, 5.74) is 0.335. The zero-order valence-corrected chi connectivity index (χ0v) is 7.35. The maximum absolute atomic E-state index is 11.3. The fraction of sp³-hybridized carbons (Fsp3) is 0.429. The van der Waals surface area contributed by atoms with Gasteiger partial charge in [-0.3, -0.25) is 4.79 Å². The minimum Gasteiger partial charge on any atom is -0.335 e. The fourth-order valence-electron chi connectivity index (χ4n) is 0.798. The van der Waals surface area contributed by atoms with Gasteiger partial charge in [0, 0.05) is 7.05 Å². The molecule has 0 saturated carbocycles. The number of rotatable bonds is 2. The monoisotopic (exact) mass is 179 g/mol. The van der Waals surface area contributed by atoms with Gasteiger partial charge in [0.25, 0.3) is 5.91 Å². The number of nitriles is 1. The number of hydrogen-bond acceptors (Lipinski definition) is 4. The Morgan fingerprint density at radius 2 is 2.54 bits per heavy atom. The first-order chi connectivity index (χ1) is 6.15. The molecule has 0 aliphatic carbocycles. The number of nitrogens with zero attached hydrogens (tertiary/aromatic N) is 4. The van der Waals surface area contributed by atoms with Crippen LogP contribution < -0.4 is 5.32 Å². The Bertz CT molecular complexity index is 350. The van der Waals surface area contributed by atoms with Gasteiger partial charge < -0.3 is 5.32 Å². The quantitative estimate of drug-likeness (QED) is 0.660. The number of amides is 1. The lowest BCUT2D eigenvalue weighted by molar-refractivity contribution is 0.0938. The van der Waals surface area contributed by atoms with Gasteiger partial charge in [0.2, 0.25) is 0 Å². The molecule has 0 aliphatic heterocycles. The predicted octanol–water partition coefficient (Wildman–Crippen LogP) is -0.543. The molecule has 68 valence electrons. The van der Waals surface area contributed by atoms with E-state index in [1.165, 1.54) is 10.9 Å². The average Bonchev–Trinajstić information content (AvgIpc) is 2.51. The van der Waals surface area contributed by atoms with E-state index in [0.717, 1.165) is 0 Å². The van der Waals surface area contributed by atoms with Crippen molar-refractivity contribution in [1.29, 1.82) is 5.26 Å². The van der Waals surface area contributed by atoms with Gasteiger partial charge in [-0.2, -0.15) is 5.26 Å². The van der Waals surface area contributed by atoms with Crippen LogP contribution in [-0.2, 0) is 7.05 Å². The molecule has 13 heavy (non-hydrogen) atoms. The number of nitrogens with one attached hydrogen (secondary N) is 1. The van der Waals surface area contributed by atoms with Crippen molar-refractivity contribution in [3.63, 3.8) is 0 Å². The van der Waals surface area contributed by atoms with Crippen LogP contribution >= 0.6 is 0 Å². The molecule has 1 atom stereocenters.